The zero-order valence-electron chi connectivity index (χ0n) is 12.9. The van der Waals surface area contributed by atoms with Crippen molar-refractivity contribution in [2.75, 3.05) is 19.6 Å². The molecule has 0 spiro atoms. The van der Waals surface area contributed by atoms with Crippen molar-refractivity contribution in [2.24, 2.45) is 0 Å². The average molecular weight is 312 g/mol. The maximum absolute atomic E-state index is 12.1. The standard InChI is InChI=1S/C17H20N4O2/c22-16-8-4-11-20(16)12-5-10-18-17(23)15-9-13-21(19-15)14-6-2-1-3-7-14/h1-3,6-7,9,13H,4-5,8,10-12H2,(H,18,23). The van der Waals surface area contributed by atoms with Gasteiger partial charge < -0.3 is 10.2 Å². The van der Waals surface area contributed by atoms with Crippen molar-refractivity contribution in [3.05, 3.63) is 48.3 Å². The summed E-state index contributed by atoms with van der Waals surface area (Å²) >= 11 is 0. The van der Waals surface area contributed by atoms with Gasteiger partial charge in [-0.25, -0.2) is 4.68 Å². The first-order valence-electron chi connectivity index (χ1n) is 7.91. The predicted molar refractivity (Wildman–Crippen MR) is 86.3 cm³/mol. The molecule has 2 aromatic rings. The van der Waals surface area contributed by atoms with E-state index < -0.39 is 0 Å². The highest BCUT2D eigenvalue weighted by molar-refractivity contribution is 5.92. The lowest BCUT2D eigenvalue weighted by atomic mass is 10.3. The first kappa shape index (κ1) is 15.3. The monoisotopic (exact) mass is 312 g/mol. The predicted octanol–water partition coefficient (Wildman–Crippen LogP) is 1.61. The molecular formula is C17H20N4O2. The third kappa shape index (κ3) is 3.77. The minimum Gasteiger partial charge on any atom is -0.351 e. The van der Waals surface area contributed by atoms with Crippen LogP contribution in [0.1, 0.15) is 29.8 Å². The topological polar surface area (TPSA) is 67.2 Å². The summed E-state index contributed by atoms with van der Waals surface area (Å²) in [6.45, 7) is 2.09. The van der Waals surface area contributed by atoms with E-state index in [1.807, 2.05) is 35.2 Å². The second-order valence-corrected chi connectivity index (χ2v) is 5.57. The van der Waals surface area contributed by atoms with Gasteiger partial charge >= 0.3 is 0 Å². The zero-order valence-corrected chi connectivity index (χ0v) is 12.9. The normalized spacial score (nSPS) is 14.3. The molecule has 1 N–H and O–H groups in total. The van der Waals surface area contributed by atoms with Crippen molar-refractivity contribution in [1.29, 1.82) is 0 Å². The van der Waals surface area contributed by atoms with Crippen molar-refractivity contribution in [3.63, 3.8) is 0 Å². The molecule has 3 rings (SSSR count). The van der Waals surface area contributed by atoms with Crippen molar-refractivity contribution in [2.45, 2.75) is 19.3 Å². The van der Waals surface area contributed by atoms with Crippen LogP contribution in [0, 0.1) is 0 Å². The maximum Gasteiger partial charge on any atom is 0.271 e. The van der Waals surface area contributed by atoms with E-state index in [0.29, 0.717) is 25.2 Å². The second kappa shape index (κ2) is 7.09. The summed E-state index contributed by atoms with van der Waals surface area (Å²) in [5.41, 5.74) is 1.31. The Morgan fingerprint density at radius 3 is 2.78 bits per heavy atom. The van der Waals surface area contributed by atoms with Gasteiger partial charge in [0.2, 0.25) is 5.91 Å². The fourth-order valence-electron chi connectivity index (χ4n) is 2.67. The summed E-state index contributed by atoms with van der Waals surface area (Å²) in [5.74, 6) is 0.0327. The van der Waals surface area contributed by atoms with Crippen molar-refractivity contribution in [3.8, 4) is 5.69 Å². The van der Waals surface area contributed by atoms with Gasteiger partial charge in [0.25, 0.3) is 5.91 Å². The summed E-state index contributed by atoms with van der Waals surface area (Å²) in [6, 6.07) is 11.4. The van der Waals surface area contributed by atoms with Crippen LogP contribution in [0.15, 0.2) is 42.6 Å². The minimum atomic E-state index is -0.188. The molecule has 0 atom stereocenters. The van der Waals surface area contributed by atoms with Gasteiger partial charge in [0.05, 0.1) is 5.69 Å². The molecule has 0 unspecified atom stereocenters. The summed E-state index contributed by atoms with van der Waals surface area (Å²) in [4.78, 5) is 25.4. The van der Waals surface area contributed by atoms with Crippen LogP contribution in [0.3, 0.4) is 0 Å². The van der Waals surface area contributed by atoms with Crippen LogP contribution in [0.25, 0.3) is 5.69 Å². The Kier molecular flexibility index (Phi) is 4.71. The molecule has 1 aliphatic heterocycles. The maximum atomic E-state index is 12.1. The first-order chi connectivity index (χ1) is 11.2. The van der Waals surface area contributed by atoms with E-state index in [9.17, 15) is 9.59 Å². The Balaban J connectivity index is 1.47. The molecule has 23 heavy (non-hydrogen) atoms. The number of amides is 2. The third-order valence-electron chi connectivity index (χ3n) is 3.90. The molecule has 0 radical (unpaired) electrons. The highest BCUT2D eigenvalue weighted by Crippen LogP contribution is 2.09. The van der Waals surface area contributed by atoms with E-state index in [1.54, 1.807) is 16.9 Å². The Hall–Kier alpha value is -2.63. The lowest BCUT2D eigenvalue weighted by molar-refractivity contribution is -0.127. The van der Waals surface area contributed by atoms with Gasteiger partial charge in [-0.1, -0.05) is 18.2 Å². The van der Waals surface area contributed by atoms with Crippen LogP contribution in [-0.4, -0.2) is 46.1 Å². The van der Waals surface area contributed by atoms with Gasteiger partial charge in [-0.15, -0.1) is 0 Å². The molecule has 2 heterocycles. The molecular weight excluding hydrogens is 292 g/mol. The average Bonchev–Trinajstić information content (AvgIpc) is 3.22. The Bertz CT molecular complexity index is 681. The van der Waals surface area contributed by atoms with Gasteiger partial charge in [0, 0.05) is 32.3 Å². The lowest BCUT2D eigenvalue weighted by Crippen LogP contribution is -2.30. The number of nitrogens with zero attached hydrogens (tertiary/aromatic N) is 3. The lowest BCUT2D eigenvalue weighted by Gasteiger charge is -2.14. The summed E-state index contributed by atoms with van der Waals surface area (Å²) in [6.07, 6.45) is 4.13. The zero-order chi connectivity index (χ0) is 16.1. The third-order valence-corrected chi connectivity index (χ3v) is 3.90. The number of hydrogen-bond acceptors (Lipinski definition) is 3. The van der Waals surface area contributed by atoms with Gasteiger partial charge in [0.1, 0.15) is 0 Å². The number of benzene rings is 1. The van der Waals surface area contributed by atoms with E-state index in [-0.39, 0.29) is 11.8 Å². The van der Waals surface area contributed by atoms with Crippen LogP contribution in [-0.2, 0) is 4.79 Å². The number of rotatable bonds is 6. The molecule has 1 fully saturated rings. The fourth-order valence-corrected chi connectivity index (χ4v) is 2.67. The first-order valence-corrected chi connectivity index (χ1v) is 7.91. The number of aromatic nitrogens is 2. The van der Waals surface area contributed by atoms with Crippen LogP contribution in [0.5, 0.6) is 0 Å². The molecule has 6 heteroatoms. The fraction of sp³-hybridized carbons (Fsp3) is 0.353. The van der Waals surface area contributed by atoms with Crippen molar-refractivity contribution in [1.82, 2.24) is 20.0 Å². The van der Waals surface area contributed by atoms with Crippen molar-refractivity contribution < 1.29 is 9.59 Å². The van der Waals surface area contributed by atoms with Gasteiger partial charge in [-0.05, 0) is 31.0 Å². The van der Waals surface area contributed by atoms with Crippen LogP contribution in [0.4, 0.5) is 0 Å². The Morgan fingerprint density at radius 2 is 2.04 bits per heavy atom. The molecule has 120 valence electrons. The molecule has 6 nitrogen and oxygen atoms in total. The molecule has 1 saturated heterocycles. The van der Waals surface area contributed by atoms with Crippen LogP contribution >= 0.6 is 0 Å². The smallest absolute Gasteiger partial charge is 0.271 e. The molecule has 0 saturated carbocycles. The highest BCUT2D eigenvalue weighted by Gasteiger charge is 2.19. The number of carbonyl (C=O) groups is 2. The Morgan fingerprint density at radius 1 is 1.22 bits per heavy atom. The van der Waals surface area contributed by atoms with Crippen molar-refractivity contribution >= 4 is 11.8 Å². The van der Waals surface area contributed by atoms with Gasteiger partial charge in [0.15, 0.2) is 5.69 Å². The molecule has 0 aliphatic carbocycles. The number of para-hydroxylation sites is 1. The largest absolute Gasteiger partial charge is 0.351 e. The molecule has 1 aromatic carbocycles. The van der Waals surface area contributed by atoms with Gasteiger partial charge in [-0.2, -0.15) is 5.10 Å². The minimum absolute atomic E-state index is 0.188. The van der Waals surface area contributed by atoms with Crippen LogP contribution in [0.2, 0.25) is 0 Å². The Labute approximate surface area is 135 Å². The summed E-state index contributed by atoms with van der Waals surface area (Å²) < 4.78 is 1.68. The molecule has 1 aromatic heterocycles. The van der Waals surface area contributed by atoms with E-state index in [0.717, 1.165) is 25.1 Å². The summed E-state index contributed by atoms with van der Waals surface area (Å²) in [7, 11) is 0. The molecule has 1 aliphatic rings. The number of likely N-dealkylation sites (tertiary alicyclic amines) is 1. The van der Waals surface area contributed by atoms with E-state index >= 15 is 0 Å². The number of hydrogen-bond donors (Lipinski definition) is 1. The highest BCUT2D eigenvalue weighted by atomic mass is 16.2. The SMILES string of the molecule is O=C(NCCCN1CCCC1=O)c1ccn(-c2ccccc2)n1. The summed E-state index contributed by atoms with van der Waals surface area (Å²) in [5, 5.41) is 7.14. The molecule has 2 amide bonds. The van der Waals surface area contributed by atoms with E-state index in [2.05, 4.69) is 10.4 Å². The second-order valence-electron chi connectivity index (χ2n) is 5.57. The van der Waals surface area contributed by atoms with Gasteiger partial charge in [-0.3, -0.25) is 9.59 Å². The van der Waals surface area contributed by atoms with E-state index in [4.69, 9.17) is 0 Å². The number of carbonyl (C=O) groups excluding carboxylic acids is 2. The number of nitrogens with one attached hydrogen (secondary N) is 1. The molecule has 0 bridgehead atoms. The van der Waals surface area contributed by atoms with Crippen LogP contribution < -0.4 is 5.32 Å². The quantitative estimate of drug-likeness (QED) is 0.824. The van der Waals surface area contributed by atoms with E-state index in [1.165, 1.54) is 0 Å².